The molecule has 1 aliphatic rings. The third-order valence-electron chi connectivity index (χ3n) is 4.00. The summed E-state index contributed by atoms with van der Waals surface area (Å²) >= 11 is 0. The Balaban J connectivity index is 2.40. The number of rotatable bonds is 6. The molecule has 2 unspecified atom stereocenters. The van der Waals surface area contributed by atoms with Crippen LogP contribution in [0.15, 0.2) is 24.3 Å². The Morgan fingerprint density at radius 2 is 2.29 bits per heavy atom. The number of esters is 1. The smallest absolute Gasteiger partial charge is 0.318 e. The van der Waals surface area contributed by atoms with E-state index in [0.717, 1.165) is 12.8 Å². The van der Waals surface area contributed by atoms with Gasteiger partial charge in [-0.25, -0.2) is 4.39 Å². The Bertz CT molecular complexity index is 488. The molecule has 21 heavy (non-hydrogen) atoms. The molecule has 1 heterocycles. The largest absolute Gasteiger partial charge is 0.465 e. The van der Waals surface area contributed by atoms with Gasteiger partial charge in [-0.2, -0.15) is 0 Å². The molecule has 0 saturated carbocycles. The zero-order chi connectivity index (χ0) is 15.3. The van der Waals surface area contributed by atoms with Crippen molar-refractivity contribution in [1.29, 1.82) is 0 Å². The highest BCUT2D eigenvalue weighted by molar-refractivity contribution is 5.83. The number of ether oxygens (including phenoxy) is 2. The molecule has 1 fully saturated rings. The van der Waals surface area contributed by atoms with E-state index in [9.17, 15) is 9.18 Å². The van der Waals surface area contributed by atoms with E-state index < -0.39 is 17.2 Å². The van der Waals surface area contributed by atoms with Crippen LogP contribution < -0.4 is 5.73 Å². The first-order valence-corrected chi connectivity index (χ1v) is 7.38. The summed E-state index contributed by atoms with van der Waals surface area (Å²) in [7, 11) is 0. The van der Waals surface area contributed by atoms with Crippen LogP contribution in [0.2, 0.25) is 0 Å². The Morgan fingerprint density at radius 1 is 1.52 bits per heavy atom. The van der Waals surface area contributed by atoms with Crippen molar-refractivity contribution in [3.05, 3.63) is 35.6 Å². The molecule has 5 heteroatoms. The number of carbonyl (C=O) groups excluding carboxylic acids is 1. The van der Waals surface area contributed by atoms with Gasteiger partial charge in [0.15, 0.2) is 0 Å². The molecule has 116 valence electrons. The molecule has 0 radical (unpaired) electrons. The summed E-state index contributed by atoms with van der Waals surface area (Å²) in [4.78, 5) is 12.5. The van der Waals surface area contributed by atoms with Crippen LogP contribution in [0.1, 0.15) is 31.7 Å². The number of carbonyl (C=O) groups is 1. The van der Waals surface area contributed by atoms with Crippen molar-refractivity contribution in [2.24, 2.45) is 5.73 Å². The molecular formula is C16H22FNO3. The first-order chi connectivity index (χ1) is 10.1. The quantitative estimate of drug-likeness (QED) is 0.817. The Hall–Kier alpha value is -1.46. The van der Waals surface area contributed by atoms with Crippen LogP contribution in [-0.4, -0.2) is 31.8 Å². The molecule has 1 aliphatic heterocycles. The van der Waals surface area contributed by atoms with Crippen molar-refractivity contribution in [2.75, 3.05) is 19.8 Å². The molecular weight excluding hydrogens is 273 g/mol. The number of hydrogen-bond acceptors (Lipinski definition) is 4. The number of hydrogen-bond donors (Lipinski definition) is 1. The van der Waals surface area contributed by atoms with Gasteiger partial charge in [0.2, 0.25) is 0 Å². The summed E-state index contributed by atoms with van der Waals surface area (Å²) in [5.41, 5.74) is 5.00. The maximum Gasteiger partial charge on any atom is 0.318 e. The lowest BCUT2D eigenvalue weighted by Crippen LogP contribution is -2.47. The summed E-state index contributed by atoms with van der Waals surface area (Å²) in [5.74, 6) is -0.915. The number of benzene rings is 1. The predicted octanol–water partition coefficient (Wildman–Crippen LogP) is 2.15. The minimum Gasteiger partial charge on any atom is -0.465 e. The summed E-state index contributed by atoms with van der Waals surface area (Å²) in [5, 5.41) is 0. The normalized spacial score (nSPS) is 21.0. The zero-order valence-corrected chi connectivity index (χ0v) is 12.3. The molecule has 1 aromatic carbocycles. The van der Waals surface area contributed by atoms with Gasteiger partial charge in [-0.05, 0) is 32.3 Å². The number of halogens is 1. The van der Waals surface area contributed by atoms with Gasteiger partial charge in [0, 0.05) is 18.7 Å². The average molecular weight is 295 g/mol. The molecule has 1 saturated heterocycles. The van der Waals surface area contributed by atoms with E-state index in [-0.39, 0.29) is 19.3 Å². The lowest BCUT2D eigenvalue weighted by atomic mass is 9.75. The van der Waals surface area contributed by atoms with Gasteiger partial charge < -0.3 is 15.2 Å². The van der Waals surface area contributed by atoms with Crippen LogP contribution >= 0.6 is 0 Å². The van der Waals surface area contributed by atoms with E-state index in [1.54, 1.807) is 25.1 Å². The first-order valence-electron chi connectivity index (χ1n) is 7.38. The minimum absolute atomic E-state index is 0.00731. The van der Waals surface area contributed by atoms with Gasteiger partial charge in [-0.1, -0.05) is 18.2 Å². The zero-order valence-electron chi connectivity index (χ0n) is 12.3. The molecule has 2 rings (SSSR count). The summed E-state index contributed by atoms with van der Waals surface area (Å²) in [6.45, 7) is 2.63. The standard InChI is InChI=1S/C16H22FNO3/c1-2-20-15(19)16(11-18,10-12-6-5-9-21-12)13-7-3-4-8-14(13)17/h3-4,7-8,12H,2,5-6,9-11,18H2,1H3. The Labute approximate surface area is 124 Å². The van der Waals surface area contributed by atoms with Crippen LogP contribution in [0.3, 0.4) is 0 Å². The molecule has 1 aromatic rings. The van der Waals surface area contributed by atoms with Crippen molar-refractivity contribution in [3.63, 3.8) is 0 Å². The van der Waals surface area contributed by atoms with Crippen LogP contribution in [0.5, 0.6) is 0 Å². The predicted molar refractivity (Wildman–Crippen MR) is 77.4 cm³/mol. The maximum atomic E-state index is 14.2. The highest BCUT2D eigenvalue weighted by Crippen LogP contribution is 2.35. The summed E-state index contributed by atoms with van der Waals surface area (Å²) in [6.07, 6.45) is 2.07. The lowest BCUT2D eigenvalue weighted by molar-refractivity contribution is -0.151. The van der Waals surface area contributed by atoms with Crippen LogP contribution in [0, 0.1) is 5.82 Å². The molecule has 0 spiro atoms. The highest BCUT2D eigenvalue weighted by atomic mass is 19.1. The third-order valence-corrected chi connectivity index (χ3v) is 4.00. The van der Waals surface area contributed by atoms with Crippen molar-refractivity contribution in [2.45, 2.75) is 37.7 Å². The highest BCUT2D eigenvalue weighted by Gasteiger charge is 2.45. The van der Waals surface area contributed by atoms with Gasteiger partial charge in [-0.15, -0.1) is 0 Å². The second kappa shape index (κ2) is 7.00. The fourth-order valence-electron chi connectivity index (χ4n) is 2.89. The van der Waals surface area contributed by atoms with Crippen LogP contribution in [0.4, 0.5) is 4.39 Å². The number of nitrogens with two attached hydrogens (primary N) is 1. The molecule has 0 aromatic heterocycles. The Kier molecular flexibility index (Phi) is 5.31. The van der Waals surface area contributed by atoms with Gasteiger partial charge in [0.05, 0.1) is 12.7 Å². The molecule has 0 amide bonds. The average Bonchev–Trinajstić information content (AvgIpc) is 2.98. The van der Waals surface area contributed by atoms with E-state index in [2.05, 4.69) is 0 Å². The van der Waals surface area contributed by atoms with Gasteiger partial charge in [0.25, 0.3) is 0 Å². The fraction of sp³-hybridized carbons (Fsp3) is 0.562. The topological polar surface area (TPSA) is 61.5 Å². The molecule has 2 atom stereocenters. The Morgan fingerprint density at radius 3 is 2.86 bits per heavy atom. The second-order valence-electron chi connectivity index (χ2n) is 5.33. The van der Waals surface area contributed by atoms with Crippen molar-refractivity contribution in [3.8, 4) is 0 Å². The third kappa shape index (κ3) is 3.24. The van der Waals surface area contributed by atoms with Gasteiger partial charge in [0.1, 0.15) is 11.2 Å². The summed E-state index contributed by atoms with van der Waals surface area (Å²) in [6, 6.07) is 6.25. The van der Waals surface area contributed by atoms with Crippen molar-refractivity contribution < 1.29 is 18.7 Å². The van der Waals surface area contributed by atoms with Gasteiger partial charge >= 0.3 is 5.97 Å². The van der Waals surface area contributed by atoms with E-state index in [1.165, 1.54) is 6.07 Å². The fourth-order valence-corrected chi connectivity index (χ4v) is 2.89. The molecule has 0 aliphatic carbocycles. The van der Waals surface area contributed by atoms with Gasteiger partial charge in [-0.3, -0.25) is 4.79 Å². The lowest BCUT2D eigenvalue weighted by Gasteiger charge is -2.32. The second-order valence-corrected chi connectivity index (χ2v) is 5.33. The van der Waals surface area contributed by atoms with E-state index >= 15 is 0 Å². The summed E-state index contributed by atoms with van der Waals surface area (Å²) < 4.78 is 25.0. The van der Waals surface area contributed by atoms with Crippen LogP contribution in [0.25, 0.3) is 0 Å². The van der Waals surface area contributed by atoms with E-state index in [1.807, 2.05) is 0 Å². The monoisotopic (exact) mass is 295 g/mol. The minimum atomic E-state index is -1.18. The van der Waals surface area contributed by atoms with Crippen molar-refractivity contribution >= 4 is 5.97 Å². The molecule has 2 N–H and O–H groups in total. The SMILES string of the molecule is CCOC(=O)C(CN)(CC1CCCO1)c1ccccc1F. The first kappa shape index (κ1) is 15.9. The molecule has 4 nitrogen and oxygen atoms in total. The molecule has 0 bridgehead atoms. The van der Waals surface area contributed by atoms with E-state index in [4.69, 9.17) is 15.2 Å². The van der Waals surface area contributed by atoms with Crippen molar-refractivity contribution in [1.82, 2.24) is 0 Å². The van der Waals surface area contributed by atoms with Crippen LogP contribution in [-0.2, 0) is 19.7 Å². The maximum absolute atomic E-state index is 14.2. The van der Waals surface area contributed by atoms with E-state index in [0.29, 0.717) is 18.6 Å².